The van der Waals surface area contributed by atoms with Crippen molar-refractivity contribution in [3.63, 3.8) is 0 Å². The van der Waals surface area contributed by atoms with Gasteiger partial charge in [-0.1, -0.05) is 12.1 Å². The average Bonchev–Trinajstić information content (AvgIpc) is 2.58. The van der Waals surface area contributed by atoms with Crippen molar-refractivity contribution >= 4 is 18.4 Å². The third kappa shape index (κ3) is 4.24. The van der Waals surface area contributed by atoms with Crippen LogP contribution in [0, 0.1) is 12.7 Å². The van der Waals surface area contributed by atoms with Crippen molar-refractivity contribution in [3.05, 3.63) is 69.9 Å². The molecule has 2 heterocycles. The number of H-pyrrole nitrogens is 1. The largest absolute Gasteiger partial charge is 0.370 e. The fourth-order valence-electron chi connectivity index (χ4n) is 2.54. The van der Waals surface area contributed by atoms with Gasteiger partial charge in [-0.25, -0.2) is 14.4 Å². The number of aromatic nitrogens is 3. The lowest BCUT2D eigenvalue weighted by molar-refractivity contribution is 0.608. The summed E-state index contributed by atoms with van der Waals surface area (Å²) in [4.78, 5) is 22.3. The van der Waals surface area contributed by atoms with Crippen LogP contribution in [0.25, 0.3) is 11.3 Å². The van der Waals surface area contributed by atoms with Crippen LogP contribution in [-0.4, -0.2) is 21.5 Å². The maximum Gasteiger partial charge on any atom is 0.247 e. The number of thiol groups is 1. The molecule has 0 spiro atoms. The number of nitrogens with zero attached hydrogens (tertiary/aromatic N) is 2. The van der Waals surface area contributed by atoms with Crippen LogP contribution in [0.2, 0.25) is 0 Å². The third-order valence-corrected chi connectivity index (χ3v) is 4.03. The molecule has 3 aromatic rings. The maximum atomic E-state index is 13.9. The molecular weight excluding hydrogens is 339 g/mol. The van der Waals surface area contributed by atoms with Gasteiger partial charge in [-0.15, -0.1) is 12.6 Å². The number of aryl methyl sites for hydroxylation is 1. The Morgan fingerprint density at radius 1 is 1.24 bits per heavy atom. The highest BCUT2D eigenvalue weighted by Gasteiger charge is 2.07. The first-order valence-corrected chi connectivity index (χ1v) is 8.22. The molecule has 0 saturated heterocycles. The molecular formula is C18H17FN4OS. The van der Waals surface area contributed by atoms with Crippen molar-refractivity contribution in [1.29, 1.82) is 0 Å². The molecule has 128 valence electrons. The zero-order valence-corrected chi connectivity index (χ0v) is 14.5. The van der Waals surface area contributed by atoms with E-state index < -0.39 is 0 Å². The van der Waals surface area contributed by atoms with Gasteiger partial charge >= 0.3 is 0 Å². The van der Waals surface area contributed by atoms with Crippen molar-refractivity contribution in [2.24, 2.45) is 0 Å². The van der Waals surface area contributed by atoms with Crippen LogP contribution in [-0.2, 0) is 6.42 Å². The Bertz CT molecular complexity index is 917. The van der Waals surface area contributed by atoms with E-state index in [2.05, 4.69) is 32.9 Å². The van der Waals surface area contributed by atoms with Gasteiger partial charge in [0.25, 0.3) is 0 Å². The number of aromatic amines is 1. The van der Waals surface area contributed by atoms with Crippen LogP contribution in [0.5, 0.6) is 0 Å². The van der Waals surface area contributed by atoms with Crippen LogP contribution < -0.4 is 10.9 Å². The van der Waals surface area contributed by atoms with Gasteiger partial charge in [-0.2, -0.15) is 0 Å². The summed E-state index contributed by atoms with van der Waals surface area (Å²) in [6.45, 7) is 2.42. The highest BCUT2D eigenvalue weighted by atomic mass is 32.1. The summed E-state index contributed by atoms with van der Waals surface area (Å²) in [6, 6.07) is 9.94. The van der Waals surface area contributed by atoms with Gasteiger partial charge in [0.15, 0.2) is 5.16 Å². The molecule has 25 heavy (non-hydrogen) atoms. The lowest BCUT2D eigenvalue weighted by Gasteiger charge is -2.10. The molecule has 7 heteroatoms. The monoisotopic (exact) mass is 356 g/mol. The number of halogens is 1. The van der Waals surface area contributed by atoms with E-state index in [0.29, 0.717) is 35.2 Å². The summed E-state index contributed by atoms with van der Waals surface area (Å²) in [5.74, 6) is 0.392. The van der Waals surface area contributed by atoms with E-state index in [0.717, 1.165) is 11.1 Å². The van der Waals surface area contributed by atoms with Crippen LogP contribution in [0.3, 0.4) is 0 Å². The summed E-state index contributed by atoms with van der Waals surface area (Å²) < 4.78 is 13.9. The van der Waals surface area contributed by atoms with Gasteiger partial charge in [-0.3, -0.25) is 4.79 Å². The van der Waals surface area contributed by atoms with Crippen LogP contribution >= 0.6 is 12.6 Å². The number of pyridine rings is 1. The molecule has 5 nitrogen and oxygen atoms in total. The third-order valence-electron chi connectivity index (χ3n) is 3.83. The van der Waals surface area contributed by atoms with Gasteiger partial charge in [0.1, 0.15) is 11.6 Å². The van der Waals surface area contributed by atoms with Gasteiger partial charge in [0.05, 0.1) is 5.69 Å². The number of benzene rings is 1. The molecule has 0 aliphatic carbocycles. The molecule has 0 radical (unpaired) electrons. The Kier molecular flexibility index (Phi) is 5.14. The second kappa shape index (κ2) is 7.48. The van der Waals surface area contributed by atoms with Crippen LogP contribution in [0.1, 0.15) is 11.1 Å². The summed E-state index contributed by atoms with van der Waals surface area (Å²) in [5.41, 5.74) is 2.83. The van der Waals surface area contributed by atoms with E-state index in [1.165, 1.54) is 12.1 Å². The van der Waals surface area contributed by atoms with Crippen molar-refractivity contribution in [3.8, 4) is 11.3 Å². The Balaban J connectivity index is 1.75. The normalized spacial score (nSPS) is 10.7. The Hall–Kier alpha value is -2.67. The standard InChI is InChI=1S/C18H17FN4OS/c1-11-3-2-4-14(19)13(11)7-8-20-16-9-15(22-18(25)23-16)12-5-6-17(24)21-10-12/h2-6,9-10H,7-8H2,1H3,(H,21,24)(H2,20,22,23,25). The predicted molar refractivity (Wildman–Crippen MR) is 98.7 cm³/mol. The lowest BCUT2D eigenvalue weighted by atomic mass is 10.1. The first-order valence-electron chi connectivity index (χ1n) is 7.78. The highest BCUT2D eigenvalue weighted by molar-refractivity contribution is 7.80. The topological polar surface area (TPSA) is 70.7 Å². The Morgan fingerprint density at radius 3 is 2.80 bits per heavy atom. The number of hydrogen-bond acceptors (Lipinski definition) is 5. The molecule has 0 aliphatic rings. The molecule has 0 saturated carbocycles. The predicted octanol–water partition coefficient (Wildman–Crippen LogP) is 3.22. The summed E-state index contributed by atoms with van der Waals surface area (Å²) >= 11 is 4.22. The molecule has 0 aliphatic heterocycles. The van der Waals surface area contributed by atoms with Crippen LogP contribution in [0.15, 0.2) is 52.5 Å². The van der Waals surface area contributed by atoms with E-state index in [1.807, 2.05) is 13.0 Å². The molecule has 2 aromatic heterocycles. The Labute approximate surface area is 149 Å². The maximum absolute atomic E-state index is 13.9. The Morgan fingerprint density at radius 2 is 2.08 bits per heavy atom. The average molecular weight is 356 g/mol. The van der Waals surface area contributed by atoms with Crippen LogP contribution in [0.4, 0.5) is 10.2 Å². The molecule has 1 aromatic carbocycles. The first kappa shape index (κ1) is 17.2. The van der Waals surface area contributed by atoms with Gasteiger partial charge in [-0.05, 0) is 36.6 Å². The first-order chi connectivity index (χ1) is 12.0. The minimum atomic E-state index is -0.201. The quantitative estimate of drug-likeness (QED) is 0.485. The number of hydrogen-bond donors (Lipinski definition) is 3. The van der Waals surface area contributed by atoms with Crippen molar-refractivity contribution < 1.29 is 4.39 Å². The summed E-state index contributed by atoms with van der Waals surface area (Å²) in [6.07, 6.45) is 2.13. The summed E-state index contributed by atoms with van der Waals surface area (Å²) in [7, 11) is 0. The number of rotatable bonds is 5. The minimum absolute atomic E-state index is 0.178. The SMILES string of the molecule is Cc1cccc(F)c1CCNc1cc(-c2ccc(=O)[nH]c2)nc(S)n1. The molecule has 3 rings (SSSR count). The molecule has 0 bridgehead atoms. The summed E-state index contributed by atoms with van der Waals surface area (Å²) in [5, 5.41) is 3.48. The van der Waals surface area contributed by atoms with Gasteiger partial charge in [0, 0.05) is 30.4 Å². The van der Waals surface area contributed by atoms with E-state index in [-0.39, 0.29) is 11.4 Å². The van der Waals surface area contributed by atoms with E-state index in [9.17, 15) is 9.18 Å². The van der Waals surface area contributed by atoms with E-state index in [1.54, 1.807) is 24.4 Å². The zero-order chi connectivity index (χ0) is 17.8. The lowest BCUT2D eigenvalue weighted by Crippen LogP contribution is -2.09. The minimum Gasteiger partial charge on any atom is -0.370 e. The zero-order valence-electron chi connectivity index (χ0n) is 13.6. The number of anilines is 1. The van der Waals surface area contributed by atoms with E-state index >= 15 is 0 Å². The fourth-order valence-corrected chi connectivity index (χ4v) is 2.76. The molecule has 0 fully saturated rings. The second-order valence-corrected chi connectivity index (χ2v) is 5.99. The molecule has 2 N–H and O–H groups in total. The van der Waals surface area contributed by atoms with Crippen molar-refractivity contribution in [1.82, 2.24) is 15.0 Å². The molecule has 0 amide bonds. The van der Waals surface area contributed by atoms with Gasteiger partial charge < -0.3 is 10.3 Å². The van der Waals surface area contributed by atoms with Gasteiger partial charge in [0.2, 0.25) is 5.56 Å². The molecule has 0 atom stereocenters. The smallest absolute Gasteiger partial charge is 0.247 e. The van der Waals surface area contributed by atoms with E-state index in [4.69, 9.17) is 0 Å². The highest BCUT2D eigenvalue weighted by Crippen LogP contribution is 2.20. The fraction of sp³-hybridized carbons (Fsp3) is 0.167. The van der Waals surface area contributed by atoms with Crippen molar-refractivity contribution in [2.45, 2.75) is 18.5 Å². The number of nitrogens with one attached hydrogen (secondary N) is 2. The second-order valence-electron chi connectivity index (χ2n) is 5.59. The molecule has 0 unspecified atom stereocenters. The van der Waals surface area contributed by atoms with Crippen molar-refractivity contribution in [2.75, 3.05) is 11.9 Å².